The molecule has 1 aromatic rings. The summed E-state index contributed by atoms with van der Waals surface area (Å²) in [6, 6.07) is 7.95. The lowest BCUT2D eigenvalue weighted by Gasteiger charge is -2.25. The molecule has 0 bridgehead atoms. The molecule has 0 spiro atoms. The number of nitrogens with one attached hydrogen (secondary N) is 1. The molecule has 1 rings (SSSR count). The van der Waals surface area contributed by atoms with Crippen molar-refractivity contribution in [3.8, 4) is 0 Å². The van der Waals surface area contributed by atoms with Gasteiger partial charge >= 0.3 is 6.03 Å². The Bertz CT molecular complexity index is 390. The molecule has 4 nitrogen and oxygen atoms in total. The molecule has 0 radical (unpaired) electrons. The average molecular weight is 249 g/mol. The van der Waals surface area contributed by atoms with E-state index in [4.69, 9.17) is 5.73 Å². The first-order valence-electron chi connectivity index (χ1n) is 6.40. The smallest absolute Gasteiger partial charge is 0.322 e. The number of hydrogen-bond acceptors (Lipinski definition) is 2. The van der Waals surface area contributed by atoms with E-state index in [0.717, 1.165) is 17.7 Å². The third kappa shape index (κ3) is 4.04. The highest BCUT2D eigenvalue weighted by Crippen LogP contribution is 2.19. The molecule has 0 fully saturated rings. The number of carbonyl (C=O) groups excluding carboxylic acids is 1. The third-order valence-electron chi connectivity index (χ3n) is 2.65. The van der Waals surface area contributed by atoms with Crippen LogP contribution in [0.25, 0.3) is 0 Å². The second-order valence-electron chi connectivity index (χ2n) is 4.68. The van der Waals surface area contributed by atoms with Crippen molar-refractivity contribution in [2.45, 2.75) is 33.2 Å². The summed E-state index contributed by atoms with van der Waals surface area (Å²) in [7, 11) is 0. The molecule has 0 heterocycles. The average Bonchev–Trinajstić information content (AvgIpc) is 2.31. The zero-order valence-corrected chi connectivity index (χ0v) is 11.4. The Hall–Kier alpha value is -1.55. The molecule has 0 aliphatic carbocycles. The molecule has 0 saturated heterocycles. The molecule has 0 saturated carbocycles. The molecule has 0 aliphatic heterocycles. The Morgan fingerprint density at radius 3 is 2.61 bits per heavy atom. The van der Waals surface area contributed by atoms with Gasteiger partial charge in [0.2, 0.25) is 0 Å². The maximum absolute atomic E-state index is 12.2. The second kappa shape index (κ2) is 7.01. The van der Waals surface area contributed by atoms with Crippen molar-refractivity contribution in [3.05, 3.63) is 29.8 Å². The van der Waals surface area contributed by atoms with Crippen molar-refractivity contribution >= 4 is 11.7 Å². The van der Waals surface area contributed by atoms with Gasteiger partial charge in [0.05, 0.1) is 0 Å². The van der Waals surface area contributed by atoms with Crippen LogP contribution in [0.4, 0.5) is 10.5 Å². The zero-order valence-electron chi connectivity index (χ0n) is 11.4. The third-order valence-corrected chi connectivity index (χ3v) is 2.65. The van der Waals surface area contributed by atoms with Crippen LogP contribution in [0.5, 0.6) is 0 Å². The number of nitrogens with two attached hydrogens (primary N) is 1. The molecule has 100 valence electrons. The fourth-order valence-corrected chi connectivity index (χ4v) is 1.77. The molecule has 0 unspecified atom stereocenters. The number of hydrogen-bond donors (Lipinski definition) is 2. The Labute approximate surface area is 109 Å². The number of rotatable bonds is 5. The van der Waals surface area contributed by atoms with Crippen molar-refractivity contribution in [1.82, 2.24) is 5.32 Å². The normalized spacial score (nSPS) is 10.5. The van der Waals surface area contributed by atoms with Gasteiger partial charge in [-0.3, -0.25) is 4.90 Å². The number of carbonyl (C=O) groups is 1. The molecule has 1 aromatic carbocycles. The minimum absolute atomic E-state index is 0.0623. The van der Waals surface area contributed by atoms with E-state index in [-0.39, 0.29) is 12.1 Å². The minimum atomic E-state index is -0.0623. The summed E-state index contributed by atoms with van der Waals surface area (Å²) in [6.45, 7) is 7.14. The van der Waals surface area contributed by atoms with Gasteiger partial charge in [-0.25, -0.2) is 4.79 Å². The summed E-state index contributed by atoms with van der Waals surface area (Å²) in [5.74, 6) is 0. The molecule has 0 atom stereocenters. The first-order valence-corrected chi connectivity index (χ1v) is 6.40. The monoisotopic (exact) mass is 249 g/mol. The van der Waals surface area contributed by atoms with Crippen LogP contribution in [-0.2, 0) is 0 Å². The van der Waals surface area contributed by atoms with E-state index in [1.165, 1.54) is 0 Å². The highest BCUT2D eigenvalue weighted by Gasteiger charge is 2.17. The fraction of sp³-hybridized carbons (Fsp3) is 0.500. The van der Waals surface area contributed by atoms with Gasteiger partial charge in [-0.05, 0) is 45.4 Å². The molecular weight excluding hydrogens is 226 g/mol. The predicted octanol–water partition coefficient (Wildman–Crippen LogP) is 2.27. The van der Waals surface area contributed by atoms with Crippen LogP contribution >= 0.6 is 0 Å². The van der Waals surface area contributed by atoms with Gasteiger partial charge < -0.3 is 11.1 Å². The van der Waals surface area contributed by atoms with E-state index in [9.17, 15) is 4.79 Å². The summed E-state index contributed by atoms with van der Waals surface area (Å²) < 4.78 is 0. The lowest BCUT2D eigenvalue weighted by atomic mass is 10.2. The molecule has 4 heteroatoms. The van der Waals surface area contributed by atoms with Crippen molar-refractivity contribution in [3.63, 3.8) is 0 Å². The van der Waals surface area contributed by atoms with Gasteiger partial charge in [-0.1, -0.05) is 18.2 Å². The van der Waals surface area contributed by atoms with E-state index < -0.39 is 0 Å². The Balaban J connectivity index is 2.90. The zero-order chi connectivity index (χ0) is 13.5. The van der Waals surface area contributed by atoms with Crippen molar-refractivity contribution in [1.29, 1.82) is 0 Å². The topological polar surface area (TPSA) is 58.4 Å². The summed E-state index contributed by atoms with van der Waals surface area (Å²) in [5, 5.41) is 2.92. The van der Waals surface area contributed by atoms with Crippen molar-refractivity contribution in [2.75, 3.05) is 18.0 Å². The maximum atomic E-state index is 12.2. The second-order valence-corrected chi connectivity index (χ2v) is 4.68. The van der Waals surface area contributed by atoms with Crippen LogP contribution in [0.3, 0.4) is 0 Å². The lowest BCUT2D eigenvalue weighted by Crippen LogP contribution is -2.44. The highest BCUT2D eigenvalue weighted by atomic mass is 16.2. The van der Waals surface area contributed by atoms with E-state index in [1.54, 1.807) is 4.90 Å². The number of amides is 2. The van der Waals surface area contributed by atoms with Gasteiger partial charge in [0.1, 0.15) is 0 Å². The Kier molecular flexibility index (Phi) is 5.65. The SMILES string of the molecule is Cc1ccccc1N(CCCN)C(=O)NC(C)C. The van der Waals surface area contributed by atoms with Gasteiger partial charge in [0.15, 0.2) is 0 Å². The highest BCUT2D eigenvalue weighted by molar-refractivity contribution is 5.92. The Morgan fingerprint density at radius 1 is 1.39 bits per heavy atom. The number of aryl methyl sites for hydroxylation is 1. The van der Waals surface area contributed by atoms with Crippen LogP contribution < -0.4 is 16.0 Å². The molecule has 0 aromatic heterocycles. The standard InChI is InChI=1S/C14H23N3O/c1-11(2)16-14(18)17(10-6-9-15)13-8-5-4-7-12(13)3/h4-5,7-8,11H,6,9-10,15H2,1-3H3,(H,16,18). The number of urea groups is 1. The van der Waals surface area contributed by atoms with E-state index >= 15 is 0 Å². The van der Waals surface area contributed by atoms with E-state index in [1.807, 2.05) is 45.0 Å². The number of benzene rings is 1. The first kappa shape index (κ1) is 14.5. The summed E-state index contributed by atoms with van der Waals surface area (Å²) in [5.41, 5.74) is 7.58. The van der Waals surface area contributed by atoms with Crippen molar-refractivity contribution < 1.29 is 4.79 Å². The summed E-state index contributed by atoms with van der Waals surface area (Å²) in [4.78, 5) is 14.0. The van der Waals surface area contributed by atoms with E-state index in [0.29, 0.717) is 13.1 Å². The summed E-state index contributed by atoms with van der Waals surface area (Å²) in [6.07, 6.45) is 0.792. The molecule has 18 heavy (non-hydrogen) atoms. The molecule has 3 N–H and O–H groups in total. The minimum Gasteiger partial charge on any atom is -0.336 e. The lowest BCUT2D eigenvalue weighted by molar-refractivity contribution is 0.244. The van der Waals surface area contributed by atoms with Gasteiger partial charge in [-0.2, -0.15) is 0 Å². The molecular formula is C14H23N3O. The van der Waals surface area contributed by atoms with Gasteiger partial charge in [0, 0.05) is 18.3 Å². The number of nitrogens with zero attached hydrogens (tertiary/aromatic N) is 1. The first-order chi connectivity index (χ1) is 8.56. The van der Waals surface area contributed by atoms with Crippen LogP contribution in [-0.4, -0.2) is 25.2 Å². The number of anilines is 1. The Morgan fingerprint density at radius 2 is 2.06 bits per heavy atom. The van der Waals surface area contributed by atoms with Gasteiger partial charge in [-0.15, -0.1) is 0 Å². The van der Waals surface area contributed by atoms with Crippen LogP contribution in [0.1, 0.15) is 25.8 Å². The molecule has 2 amide bonds. The quantitative estimate of drug-likeness (QED) is 0.841. The fourth-order valence-electron chi connectivity index (χ4n) is 1.77. The van der Waals surface area contributed by atoms with Crippen LogP contribution in [0.2, 0.25) is 0 Å². The summed E-state index contributed by atoms with van der Waals surface area (Å²) >= 11 is 0. The largest absolute Gasteiger partial charge is 0.336 e. The van der Waals surface area contributed by atoms with Gasteiger partial charge in [0.25, 0.3) is 0 Å². The van der Waals surface area contributed by atoms with E-state index in [2.05, 4.69) is 5.32 Å². The predicted molar refractivity (Wildman–Crippen MR) is 75.9 cm³/mol. The maximum Gasteiger partial charge on any atom is 0.322 e. The number of para-hydroxylation sites is 1. The van der Waals surface area contributed by atoms with Crippen molar-refractivity contribution in [2.24, 2.45) is 5.73 Å². The van der Waals surface area contributed by atoms with Crippen LogP contribution in [0, 0.1) is 6.92 Å². The van der Waals surface area contributed by atoms with Crippen LogP contribution in [0.15, 0.2) is 24.3 Å². The molecule has 0 aliphatic rings.